The lowest BCUT2D eigenvalue weighted by molar-refractivity contribution is -0.150. The maximum absolute atomic E-state index is 13.5. The Hall–Kier alpha value is -0.930. The van der Waals surface area contributed by atoms with Crippen LogP contribution >= 0.6 is 46.3 Å². The fourth-order valence-electron chi connectivity index (χ4n) is 2.50. The van der Waals surface area contributed by atoms with E-state index in [1.54, 1.807) is 23.6 Å². The van der Waals surface area contributed by atoms with E-state index in [0.717, 1.165) is 11.3 Å². The minimum atomic E-state index is -4.37. The monoisotopic (exact) mass is 501 g/mol. The van der Waals surface area contributed by atoms with E-state index in [1.165, 1.54) is 17.8 Å². The van der Waals surface area contributed by atoms with Crippen molar-refractivity contribution in [3.8, 4) is 11.1 Å². The first-order valence-corrected chi connectivity index (χ1v) is 12.1. The molecule has 2 rings (SSSR count). The van der Waals surface area contributed by atoms with Crippen molar-refractivity contribution in [2.75, 3.05) is 11.5 Å². The zero-order valence-electron chi connectivity index (χ0n) is 16.5. The second-order valence-corrected chi connectivity index (χ2v) is 9.10. The van der Waals surface area contributed by atoms with E-state index in [-0.39, 0.29) is 23.5 Å². The van der Waals surface area contributed by atoms with E-state index in [9.17, 15) is 18.0 Å². The lowest BCUT2D eigenvalue weighted by atomic mass is 10.0. The topological polar surface area (TPSA) is 63.3 Å². The van der Waals surface area contributed by atoms with Gasteiger partial charge in [0.2, 0.25) is 0 Å². The Morgan fingerprint density at radius 3 is 2.40 bits per heavy atom. The number of aliphatic carboxylic acids is 1. The van der Waals surface area contributed by atoms with Gasteiger partial charge in [-0.1, -0.05) is 43.1 Å². The summed E-state index contributed by atoms with van der Waals surface area (Å²) in [5.41, 5.74) is 6.64. The highest BCUT2D eigenvalue weighted by Crippen LogP contribution is 2.43. The summed E-state index contributed by atoms with van der Waals surface area (Å²) in [4.78, 5) is 10.9. The van der Waals surface area contributed by atoms with Gasteiger partial charge in [-0.3, -0.25) is 4.79 Å². The number of alkyl halides is 3. The Balaban J connectivity index is 0.00000218. The molecular formula is C20H24Cl2F3NO2S2. The van der Waals surface area contributed by atoms with Crippen molar-refractivity contribution in [2.45, 2.75) is 44.8 Å². The molecule has 0 spiro atoms. The normalized spacial score (nSPS) is 13.3. The Bertz CT molecular complexity index is 816. The first kappa shape index (κ1) is 27.1. The van der Waals surface area contributed by atoms with Gasteiger partial charge in [0, 0.05) is 20.5 Å². The van der Waals surface area contributed by atoms with Crippen molar-refractivity contribution >= 4 is 52.3 Å². The molecule has 0 fully saturated rings. The maximum atomic E-state index is 13.5. The van der Waals surface area contributed by atoms with E-state index in [1.807, 2.05) is 13.8 Å². The van der Waals surface area contributed by atoms with Crippen molar-refractivity contribution in [3.05, 3.63) is 44.6 Å². The fraction of sp³-hybridized carbons (Fsp3) is 0.450. The van der Waals surface area contributed by atoms with E-state index in [4.69, 9.17) is 34.0 Å². The van der Waals surface area contributed by atoms with Crippen LogP contribution in [0.2, 0.25) is 10.0 Å². The molecule has 0 radical (unpaired) electrons. The van der Waals surface area contributed by atoms with Gasteiger partial charge in [-0.05, 0) is 53.5 Å². The van der Waals surface area contributed by atoms with Gasteiger partial charge in [-0.15, -0.1) is 11.3 Å². The van der Waals surface area contributed by atoms with Crippen molar-refractivity contribution in [2.24, 2.45) is 5.73 Å². The SMILES string of the molecule is CC.NC(CCSCCC(c1cc(-c2ccc(Cl)cc2Cl)cs1)C(F)(F)F)C(=O)O. The number of carbonyl (C=O) groups is 1. The van der Waals surface area contributed by atoms with Crippen molar-refractivity contribution in [1.82, 2.24) is 0 Å². The average Bonchev–Trinajstić information content (AvgIpc) is 3.14. The zero-order chi connectivity index (χ0) is 22.9. The Labute approximate surface area is 192 Å². The summed E-state index contributed by atoms with van der Waals surface area (Å²) in [6.45, 7) is 4.00. The Morgan fingerprint density at radius 2 is 1.83 bits per heavy atom. The molecule has 1 heterocycles. The van der Waals surface area contributed by atoms with Crippen molar-refractivity contribution < 1.29 is 23.1 Å². The molecule has 0 saturated heterocycles. The Morgan fingerprint density at radius 1 is 1.20 bits per heavy atom. The third-order valence-corrected chi connectivity index (χ3v) is 6.68. The molecule has 2 aromatic rings. The van der Waals surface area contributed by atoms with Crippen molar-refractivity contribution in [1.29, 1.82) is 0 Å². The van der Waals surface area contributed by atoms with Crippen LogP contribution in [0.25, 0.3) is 11.1 Å². The standard InChI is InChI=1S/C18H18Cl2F3NO2S2.C2H6/c19-11-1-2-12(14(20)8-11)10-7-16(28-9-10)13(18(21,22)23)3-5-27-6-4-15(24)17(25)26;1-2/h1-2,7-9,13,15H,3-6,24H2,(H,25,26);1-2H3. The van der Waals surface area contributed by atoms with Crippen LogP contribution in [0.15, 0.2) is 29.6 Å². The van der Waals surface area contributed by atoms with Crippen LogP contribution in [0.3, 0.4) is 0 Å². The summed E-state index contributed by atoms with van der Waals surface area (Å²) >= 11 is 14.3. The third kappa shape index (κ3) is 8.30. The second kappa shape index (κ2) is 12.8. The van der Waals surface area contributed by atoms with Crippen molar-refractivity contribution in [3.63, 3.8) is 0 Å². The number of rotatable bonds is 9. The minimum Gasteiger partial charge on any atom is -0.480 e. The average molecular weight is 502 g/mol. The summed E-state index contributed by atoms with van der Waals surface area (Å²) < 4.78 is 40.6. The largest absolute Gasteiger partial charge is 0.480 e. The summed E-state index contributed by atoms with van der Waals surface area (Å²) in [6.07, 6.45) is -4.25. The summed E-state index contributed by atoms with van der Waals surface area (Å²) in [6, 6.07) is 5.40. The van der Waals surface area contributed by atoms with Crippen LogP contribution in [0.4, 0.5) is 13.2 Å². The quantitative estimate of drug-likeness (QED) is 0.353. The van der Waals surface area contributed by atoms with Gasteiger partial charge in [0.1, 0.15) is 6.04 Å². The molecule has 2 unspecified atom stereocenters. The number of thioether (sulfide) groups is 1. The molecule has 1 aromatic heterocycles. The number of thiophene rings is 1. The van der Waals surface area contributed by atoms with Gasteiger partial charge in [0.25, 0.3) is 0 Å². The van der Waals surface area contributed by atoms with Gasteiger partial charge in [0.15, 0.2) is 0 Å². The zero-order valence-corrected chi connectivity index (χ0v) is 19.7. The van der Waals surface area contributed by atoms with Crippen LogP contribution in [0.5, 0.6) is 0 Å². The molecule has 30 heavy (non-hydrogen) atoms. The summed E-state index contributed by atoms with van der Waals surface area (Å²) in [5.74, 6) is -2.04. The smallest absolute Gasteiger partial charge is 0.396 e. The minimum absolute atomic E-state index is 0.0925. The highest BCUT2D eigenvalue weighted by molar-refractivity contribution is 7.99. The van der Waals surface area contributed by atoms with Crippen LogP contribution in [-0.4, -0.2) is 34.8 Å². The molecule has 0 saturated carbocycles. The molecule has 2 atom stereocenters. The summed E-state index contributed by atoms with van der Waals surface area (Å²) in [7, 11) is 0. The lowest BCUT2D eigenvalue weighted by Crippen LogP contribution is -2.30. The first-order valence-electron chi connectivity index (χ1n) is 9.26. The molecule has 3 N–H and O–H groups in total. The molecule has 0 amide bonds. The molecule has 0 bridgehead atoms. The maximum Gasteiger partial charge on any atom is 0.396 e. The van der Waals surface area contributed by atoms with Gasteiger partial charge in [-0.2, -0.15) is 24.9 Å². The predicted molar refractivity (Wildman–Crippen MR) is 122 cm³/mol. The van der Waals surface area contributed by atoms with E-state index in [2.05, 4.69) is 0 Å². The Kier molecular flexibility index (Phi) is 11.6. The number of halogens is 5. The number of nitrogens with two attached hydrogens (primary N) is 1. The number of hydrogen-bond acceptors (Lipinski definition) is 4. The second-order valence-electron chi connectivity index (χ2n) is 6.09. The third-order valence-electron chi connectivity index (χ3n) is 4.04. The van der Waals surface area contributed by atoms with Gasteiger partial charge < -0.3 is 10.8 Å². The first-order chi connectivity index (χ1) is 14.1. The number of carboxylic acids is 1. The van der Waals surface area contributed by atoms with Gasteiger partial charge >= 0.3 is 12.1 Å². The highest BCUT2D eigenvalue weighted by atomic mass is 35.5. The van der Waals surface area contributed by atoms with Crippen LogP contribution < -0.4 is 5.73 Å². The van der Waals surface area contributed by atoms with Gasteiger partial charge in [-0.25, -0.2) is 0 Å². The highest BCUT2D eigenvalue weighted by Gasteiger charge is 2.41. The number of hydrogen-bond donors (Lipinski definition) is 2. The van der Waals surface area contributed by atoms with E-state index < -0.39 is 24.1 Å². The van der Waals surface area contributed by atoms with E-state index in [0.29, 0.717) is 26.9 Å². The molecule has 168 valence electrons. The van der Waals surface area contributed by atoms with Gasteiger partial charge in [0.05, 0.1) is 5.92 Å². The predicted octanol–water partition coefficient (Wildman–Crippen LogP) is 7.32. The summed E-state index contributed by atoms with van der Waals surface area (Å²) in [5, 5.41) is 11.2. The fourth-order valence-corrected chi connectivity index (χ4v) is 5.12. The molecule has 0 aliphatic heterocycles. The molecule has 1 aromatic carbocycles. The molecule has 3 nitrogen and oxygen atoms in total. The molecule has 0 aliphatic carbocycles. The van der Waals surface area contributed by atoms with Crippen LogP contribution in [0, 0.1) is 0 Å². The van der Waals surface area contributed by atoms with E-state index >= 15 is 0 Å². The van der Waals surface area contributed by atoms with Crippen LogP contribution in [-0.2, 0) is 4.79 Å². The molecular weight excluding hydrogens is 478 g/mol. The number of benzene rings is 1. The van der Waals surface area contributed by atoms with Crippen LogP contribution in [0.1, 0.15) is 37.5 Å². The lowest BCUT2D eigenvalue weighted by Gasteiger charge is -2.19. The molecule has 0 aliphatic rings. The number of carboxylic acid groups (broad SMARTS) is 1. The molecule has 10 heteroatoms.